The summed E-state index contributed by atoms with van der Waals surface area (Å²) in [6, 6.07) is 12.4. The molecule has 2 heterocycles. The van der Waals surface area contributed by atoms with Gasteiger partial charge in [0.05, 0.1) is 11.4 Å². The van der Waals surface area contributed by atoms with Crippen LogP contribution in [0.15, 0.2) is 47.4 Å². The van der Waals surface area contributed by atoms with E-state index < -0.39 is 11.7 Å². The predicted molar refractivity (Wildman–Crippen MR) is 97.3 cm³/mol. The molecule has 0 atom stereocenters. The third-order valence-corrected chi connectivity index (χ3v) is 5.34. The van der Waals surface area contributed by atoms with Gasteiger partial charge < -0.3 is 5.32 Å². The summed E-state index contributed by atoms with van der Waals surface area (Å²) in [5, 5.41) is 7.04. The molecule has 0 bridgehead atoms. The van der Waals surface area contributed by atoms with Crippen molar-refractivity contribution >= 4 is 23.4 Å². The van der Waals surface area contributed by atoms with Crippen LogP contribution in [0.3, 0.4) is 0 Å². The summed E-state index contributed by atoms with van der Waals surface area (Å²) in [6.07, 6.45) is 0. The Hall–Kier alpha value is -2.60. The van der Waals surface area contributed by atoms with Crippen molar-refractivity contribution in [1.82, 2.24) is 9.78 Å². The number of para-hydroxylation sites is 1. The second-order valence-electron chi connectivity index (χ2n) is 6.02. The third kappa shape index (κ3) is 2.72. The minimum absolute atomic E-state index is 0.159. The molecular weight excluding hydrogens is 337 g/mol. The van der Waals surface area contributed by atoms with E-state index in [1.54, 1.807) is 28.6 Å². The zero-order valence-corrected chi connectivity index (χ0v) is 14.7. The molecule has 4 rings (SSSR count). The monoisotopic (exact) mass is 353 g/mol. The van der Waals surface area contributed by atoms with Gasteiger partial charge in [0.1, 0.15) is 5.82 Å². The Morgan fingerprint density at radius 2 is 2.08 bits per heavy atom. The van der Waals surface area contributed by atoms with Gasteiger partial charge in [-0.25, -0.2) is 4.39 Å². The Kier molecular flexibility index (Phi) is 3.84. The van der Waals surface area contributed by atoms with Crippen molar-refractivity contribution in [2.24, 2.45) is 7.05 Å². The van der Waals surface area contributed by atoms with Crippen molar-refractivity contribution in [3.63, 3.8) is 0 Å². The molecule has 0 unspecified atom stereocenters. The van der Waals surface area contributed by atoms with E-state index in [1.165, 1.54) is 17.0 Å². The Morgan fingerprint density at radius 3 is 2.88 bits per heavy atom. The number of hydrogen-bond acceptors (Lipinski definition) is 3. The number of benzene rings is 2. The van der Waals surface area contributed by atoms with Gasteiger partial charge in [0, 0.05) is 28.8 Å². The fraction of sp³-hybridized carbons (Fsp3) is 0.158. The zero-order valence-electron chi connectivity index (χ0n) is 13.8. The number of amides is 1. The SMILES string of the molecule is Cc1ccc2c(c1)-c1c(c(C(=O)Nc3ccccc3F)nn1C)CS2. The smallest absolute Gasteiger partial charge is 0.276 e. The van der Waals surface area contributed by atoms with Crippen molar-refractivity contribution in [2.75, 3.05) is 5.32 Å². The van der Waals surface area contributed by atoms with Crippen molar-refractivity contribution in [3.8, 4) is 11.3 Å². The number of thioether (sulfide) groups is 1. The molecular formula is C19H16FN3OS. The maximum absolute atomic E-state index is 13.8. The van der Waals surface area contributed by atoms with Gasteiger partial charge in [-0.15, -0.1) is 11.8 Å². The van der Waals surface area contributed by atoms with Gasteiger partial charge in [0.2, 0.25) is 0 Å². The minimum Gasteiger partial charge on any atom is -0.318 e. The minimum atomic E-state index is -0.462. The molecule has 1 N–H and O–H groups in total. The largest absolute Gasteiger partial charge is 0.318 e. The summed E-state index contributed by atoms with van der Waals surface area (Å²) in [5.74, 6) is -0.186. The average Bonchev–Trinajstić information content (AvgIpc) is 2.94. The molecule has 1 aliphatic heterocycles. The number of carbonyl (C=O) groups is 1. The number of nitrogens with zero attached hydrogens (tertiary/aromatic N) is 2. The molecule has 1 aromatic heterocycles. The quantitative estimate of drug-likeness (QED) is 0.743. The molecule has 25 heavy (non-hydrogen) atoms. The van der Waals surface area contributed by atoms with Gasteiger partial charge in [-0.3, -0.25) is 9.48 Å². The first-order valence-corrected chi connectivity index (χ1v) is 8.88. The molecule has 0 saturated carbocycles. The number of hydrogen-bond donors (Lipinski definition) is 1. The van der Waals surface area contributed by atoms with Crippen LogP contribution in [0.1, 0.15) is 21.6 Å². The van der Waals surface area contributed by atoms with Gasteiger partial charge >= 0.3 is 0 Å². The molecule has 126 valence electrons. The maximum Gasteiger partial charge on any atom is 0.276 e. The highest BCUT2D eigenvalue weighted by atomic mass is 32.2. The lowest BCUT2D eigenvalue weighted by atomic mass is 10.0. The van der Waals surface area contributed by atoms with E-state index in [1.807, 2.05) is 14.0 Å². The Balaban J connectivity index is 1.75. The summed E-state index contributed by atoms with van der Waals surface area (Å²) in [6.45, 7) is 2.04. The summed E-state index contributed by atoms with van der Waals surface area (Å²) in [7, 11) is 1.83. The topological polar surface area (TPSA) is 46.9 Å². The molecule has 6 heteroatoms. The van der Waals surface area contributed by atoms with E-state index in [0.29, 0.717) is 11.4 Å². The highest BCUT2D eigenvalue weighted by molar-refractivity contribution is 7.98. The second-order valence-corrected chi connectivity index (χ2v) is 7.04. The van der Waals surface area contributed by atoms with Gasteiger partial charge in [-0.1, -0.05) is 23.8 Å². The number of fused-ring (bicyclic) bond motifs is 3. The Labute approximate surface area is 149 Å². The van der Waals surface area contributed by atoms with Gasteiger partial charge in [-0.2, -0.15) is 5.10 Å². The molecule has 0 saturated heterocycles. The van der Waals surface area contributed by atoms with Crippen molar-refractivity contribution in [3.05, 3.63) is 65.1 Å². The van der Waals surface area contributed by atoms with Crippen molar-refractivity contribution in [1.29, 1.82) is 0 Å². The number of anilines is 1. The average molecular weight is 353 g/mol. The van der Waals surface area contributed by atoms with E-state index in [0.717, 1.165) is 22.4 Å². The maximum atomic E-state index is 13.8. The van der Waals surface area contributed by atoms with Crippen LogP contribution in [0.25, 0.3) is 11.3 Å². The van der Waals surface area contributed by atoms with E-state index >= 15 is 0 Å². The number of carbonyl (C=O) groups excluding carboxylic acids is 1. The number of aromatic nitrogens is 2. The summed E-state index contributed by atoms with van der Waals surface area (Å²) < 4.78 is 15.5. The van der Waals surface area contributed by atoms with Gasteiger partial charge in [-0.05, 0) is 31.2 Å². The normalized spacial score (nSPS) is 12.4. The molecule has 3 aromatic rings. The van der Waals surface area contributed by atoms with Crippen molar-refractivity contribution in [2.45, 2.75) is 17.6 Å². The van der Waals surface area contributed by atoms with E-state index in [2.05, 4.69) is 28.6 Å². The first kappa shape index (κ1) is 15.9. The van der Waals surface area contributed by atoms with Crippen LogP contribution in [-0.4, -0.2) is 15.7 Å². The lowest BCUT2D eigenvalue weighted by Gasteiger charge is -2.17. The van der Waals surface area contributed by atoms with Gasteiger partial charge in [0.25, 0.3) is 5.91 Å². The first-order chi connectivity index (χ1) is 12.0. The van der Waals surface area contributed by atoms with Crippen LogP contribution in [-0.2, 0) is 12.8 Å². The number of rotatable bonds is 2. The van der Waals surface area contributed by atoms with Crippen LogP contribution in [0.2, 0.25) is 0 Å². The molecule has 1 aliphatic rings. The fourth-order valence-electron chi connectivity index (χ4n) is 3.07. The summed E-state index contributed by atoms with van der Waals surface area (Å²) in [5.41, 5.74) is 4.60. The van der Waals surface area contributed by atoms with Crippen LogP contribution in [0.5, 0.6) is 0 Å². The van der Waals surface area contributed by atoms with E-state index in [4.69, 9.17) is 0 Å². The number of nitrogens with one attached hydrogen (secondary N) is 1. The van der Waals surface area contributed by atoms with Crippen LogP contribution < -0.4 is 5.32 Å². The Morgan fingerprint density at radius 1 is 1.28 bits per heavy atom. The number of halogens is 1. The molecule has 2 aromatic carbocycles. The van der Waals surface area contributed by atoms with Crippen LogP contribution in [0.4, 0.5) is 10.1 Å². The highest BCUT2D eigenvalue weighted by Gasteiger charge is 2.28. The molecule has 0 radical (unpaired) electrons. The van der Waals surface area contributed by atoms with Crippen LogP contribution in [0, 0.1) is 12.7 Å². The molecule has 1 amide bonds. The van der Waals surface area contributed by atoms with Gasteiger partial charge in [0.15, 0.2) is 5.69 Å². The standard InChI is InChI=1S/C19H16FN3OS/c1-11-7-8-16-12(9-11)18-13(10-25-16)17(22-23(18)2)19(24)21-15-6-4-3-5-14(15)20/h3-9H,10H2,1-2H3,(H,21,24). The summed E-state index contributed by atoms with van der Waals surface area (Å²) in [4.78, 5) is 13.9. The molecule has 0 spiro atoms. The predicted octanol–water partition coefficient (Wildman–Crippen LogP) is 4.39. The lowest BCUT2D eigenvalue weighted by molar-refractivity contribution is 0.102. The highest BCUT2D eigenvalue weighted by Crippen LogP contribution is 2.43. The Bertz CT molecular complexity index is 996. The number of aryl methyl sites for hydroxylation is 2. The third-order valence-electron chi connectivity index (χ3n) is 4.24. The van der Waals surface area contributed by atoms with Crippen molar-refractivity contribution < 1.29 is 9.18 Å². The second kappa shape index (κ2) is 6.04. The van der Waals surface area contributed by atoms with Crippen LogP contribution >= 0.6 is 11.8 Å². The van der Waals surface area contributed by atoms with E-state index in [-0.39, 0.29) is 5.69 Å². The fourth-order valence-corrected chi connectivity index (χ4v) is 4.12. The molecule has 0 fully saturated rings. The first-order valence-electron chi connectivity index (χ1n) is 7.90. The zero-order chi connectivity index (χ0) is 17.6. The lowest BCUT2D eigenvalue weighted by Crippen LogP contribution is -2.15. The molecule has 0 aliphatic carbocycles. The molecule has 4 nitrogen and oxygen atoms in total. The van der Waals surface area contributed by atoms with E-state index in [9.17, 15) is 9.18 Å². The summed E-state index contributed by atoms with van der Waals surface area (Å²) >= 11 is 1.69.